The summed E-state index contributed by atoms with van der Waals surface area (Å²) in [5, 5.41) is 5.79. The van der Waals surface area contributed by atoms with Crippen LogP contribution in [0.3, 0.4) is 0 Å². The Hall–Kier alpha value is -1.82. The summed E-state index contributed by atoms with van der Waals surface area (Å²) in [4.78, 5) is 16.7. The van der Waals surface area contributed by atoms with Crippen LogP contribution in [0, 0.1) is 5.82 Å². The molecule has 0 atom stereocenters. The third kappa shape index (κ3) is 5.34. The molecule has 27 heavy (non-hydrogen) atoms. The van der Waals surface area contributed by atoms with Crippen molar-refractivity contribution in [1.29, 1.82) is 0 Å². The molecule has 6 heteroatoms. The Morgan fingerprint density at radius 3 is 2.52 bits per heavy atom. The first-order chi connectivity index (χ1) is 13.1. The number of anilines is 2. The summed E-state index contributed by atoms with van der Waals surface area (Å²) in [6.45, 7) is 5.24. The first-order valence-corrected chi connectivity index (χ1v) is 10.4. The maximum absolute atomic E-state index is 14.6. The molecular formula is C21H33FN4O. The van der Waals surface area contributed by atoms with Gasteiger partial charge >= 0.3 is 6.03 Å². The van der Waals surface area contributed by atoms with Crippen molar-refractivity contribution in [3.63, 3.8) is 0 Å². The number of nitrogens with zero attached hydrogens (tertiary/aromatic N) is 2. The number of carbonyl (C=O) groups excluding carboxylic acids is 1. The molecule has 1 saturated heterocycles. The fourth-order valence-electron chi connectivity index (χ4n) is 4.28. The van der Waals surface area contributed by atoms with Gasteiger partial charge in [-0.25, -0.2) is 9.18 Å². The Labute approximate surface area is 162 Å². The third-order valence-corrected chi connectivity index (χ3v) is 6.08. The van der Waals surface area contributed by atoms with Crippen molar-refractivity contribution < 1.29 is 9.18 Å². The van der Waals surface area contributed by atoms with Crippen LogP contribution >= 0.6 is 0 Å². The Balaban J connectivity index is 1.53. The van der Waals surface area contributed by atoms with Crippen LogP contribution in [-0.2, 0) is 0 Å². The average Bonchev–Trinajstić information content (AvgIpc) is 2.69. The van der Waals surface area contributed by atoms with E-state index in [0.717, 1.165) is 45.3 Å². The van der Waals surface area contributed by atoms with Gasteiger partial charge in [0.2, 0.25) is 0 Å². The highest BCUT2D eigenvalue weighted by atomic mass is 19.1. The van der Waals surface area contributed by atoms with Gasteiger partial charge in [0, 0.05) is 37.9 Å². The number of rotatable bonds is 5. The summed E-state index contributed by atoms with van der Waals surface area (Å²) in [6.07, 6.45) is 7.87. The molecule has 2 amide bonds. The number of carbonyl (C=O) groups is 1. The number of piperidine rings is 1. The normalized spacial score (nSPS) is 19.7. The summed E-state index contributed by atoms with van der Waals surface area (Å²) < 4.78 is 14.6. The van der Waals surface area contributed by atoms with Crippen molar-refractivity contribution in [3.8, 4) is 0 Å². The molecule has 5 nitrogen and oxygen atoms in total. The van der Waals surface area contributed by atoms with E-state index in [1.54, 1.807) is 12.1 Å². The number of hydrogen-bond acceptors (Lipinski definition) is 3. The molecule has 2 fully saturated rings. The zero-order chi connectivity index (χ0) is 19.2. The quantitative estimate of drug-likeness (QED) is 0.810. The van der Waals surface area contributed by atoms with Gasteiger partial charge in [0.15, 0.2) is 0 Å². The number of likely N-dealkylation sites (tertiary alicyclic amines) is 1. The van der Waals surface area contributed by atoms with Crippen LogP contribution in [0.4, 0.5) is 20.6 Å². The van der Waals surface area contributed by atoms with Gasteiger partial charge in [-0.05, 0) is 50.4 Å². The predicted molar refractivity (Wildman–Crippen MR) is 109 cm³/mol. The third-order valence-electron chi connectivity index (χ3n) is 6.08. The summed E-state index contributed by atoms with van der Waals surface area (Å²) in [7, 11) is 1.97. The minimum absolute atomic E-state index is 0.189. The number of halogens is 1. The first-order valence-electron chi connectivity index (χ1n) is 10.4. The smallest absolute Gasteiger partial charge is 0.319 e. The van der Waals surface area contributed by atoms with Crippen LogP contribution in [0.1, 0.15) is 51.9 Å². The lowest BCUT2D eigenvalue weighted by molar-refractivity contribution is 0.203. The number of nitrogens with one attached hydrogen (secondary N) is 2. The molecule has 2 N–H and O–H groups in total. The maximum atomic E-state index is 14.6. The lowest BCUT2D eigenvalue weighted by Crippen LogP contribution is -2.45. The van der Waals surface area contributed by atoms with Crippen molar-refractivity contribution in [2.75, 3.05) is 36.9 Å². The molecule has 1 aliphatic heterocycles. The van der Waals surface area contributed by atoms with Crippen molar-refractivity contribution in [2.45, 2.75) is 64.0 Å². The van der Waals surface area contributed by atoms with Crippen LogP contribution < -0.4 is 15.5 Å². The van der Waals surface area contributed by atoms with Gasteiger partial charge in [0.1, 0.15) is 5.82 Å². The highest BCUT2D eigenvalue weighted by Crippen LogP contribution is 2.29. The second-order valence-corrected chi connectivity index (χ2v) is 7.88. The van der Waals surface area contributed by atoms with E-state index in [-0.39, 0.29) is 17.9 Å². The van der Waals surface area contributed by atoms with Gasteiger partial charge in [-0.2, -0.15) is 0 Å². The molecule has 1 saturated carbocycles. The van der Waals surface area contributed by atoms with Gasteiger partial charge in [0.25, 0.3) is 0 Å². The van der Waals surface area contributed by atoms with Gasteiger partial charge < -0.3 is 20.4 Å². The summed E-state index contributed by atoms with van der Waals surface area (Å²) in [5.74, 6) is -0.280. The van der Waals surface area contributed by atoms with E-state index in [2.05, 4.69) is 27.4 Å². The van der Waals surface area contributed by atoms with E-state index in [1.165, 1.54) is 25.3 Å². The predicted octanol–water partition coefficient (Wildman–Crippen LogP) is 4.20. The van der Waals surface area contributed by atoms with Crippen LogP contribution in [0.5, 0.6) is 0 Å². The van der Waals surface area contributed by atoms with Gasteiger partial charge in [-0.3, -0.25) is 0 Å². The average molecular weight is 377 g/mol. The van der Waals surface area contributed by atoms with Crippen LogP contribution in [0.2, 0.25) is 0 Å². The van der Waals surface area contributed by atoms with E-state index in [9.17, 15) is 9.18 Å². The van der Waals surface area contributed by atoms with Crippen LogP contribution in [0.25, 0.3) is 0 Å². The minimum atomic E-state index is -0.280. The molecule has 3 rings (SSSR count). The molecule has 1 heterocycles. The number of urea groups is 1. The Morgan fingerprint density at radius 2 is 1.89 bits per heavy atom. The second kappa shape index (κ2) is 9.40. The Bertz CT molecular complexity index is 625. The molecule has 150 valence electrons. The molecule has 1 aromatic carbocycles. The molecule has 0 spiro atoms. The Morgan fingerprint density at radius 1 is 1.19 bits per heavy atom. The number of amides is 2. The zero-order valence-electron chi connectivity index (χ0n) is 16.6. The van der Waals surface area contributed by atoms with E-state index >= 15 is 0 Å². The molecule has 1 aromatic rings. The fraction of sp³-hybridized carbons (Fsp3) is 0.667. The number of benzene rings is 1. The SMILES string of the molecule is CCN1CCC(NC(=O)Nc2ccc(N(C)C3CCCCC3)c(F)c2)CC1. The van der Waals surface area contributed by atoms with Crippen molar-refractivity contribution in [2.24, 2.45) is 0 Å². The minimum Gasteiger partial charge on any atom is -0.369 e. The molecule has 0 aromatic heterocycles. The van der Waals surface area contributed by atoms with E-state index < -0.39 is 0 Å². The van der Waals surface area contributed by atoms with Gasteiger partial charge in [0.05, 0.1) is 5.69 Å². The van der Waals surface area contributed by atoms with Crippen LogP contribution in [0.15, 0.2) is 18.2 Å². The van der Waals surface area contributed by atoms with Gasteiger partial charge in [-0.1, -0.05) is 26.2 Å². The van der Waals surface area contributed by atoms with Crippen molar-refractivity contribution >= 4 is 17.4 Å². The molecule has 2 aliphatic rings. The molecule has 1 aliphatic carbocycles. The standard InChI is InChI=1S/C21H33FN4O/c1-3-26-13-11-16(12-14-26)23-21(27)24-17-9-10-20(19(22)15-17)25(2)18-7-5-4-6-8-18/h9-10,15-16,18H,3-8,11-14H2,1-2H3,(H2,23,24,27). The molecular weight excluding hydrogens is 343 g/mol. The van der Waals surface area contributed by atoms with E-state index in [1.807, 2.05) is 7.05 Å². The molecule has 0 radical (unpaired) electrons. The largest absolute Gasteiger partial charge is 0.369 e. The second-order valence-electron chi connectivity index (χ2n) is 7.88. The highest BCUT2D eigenvalue weighted by Gasteiger charge is 2.22. The van der Waals surface area contributed by atoms with Crippen molar-refractivity contribution in [1.82, 2.24) is 10.2 Å². The monoisotopic (exact) mass is 376 g/mol. The first kappa shape index (κ1) is 19.9. The zero-order valence-corrected chi connectivity index (χ0v) is 16.6. The summed E-state index contributed by atoms with van der Waals surface area (Å²) in [6, 6.07) is 5.33. The Kier molecular flexibility index (Phi) is 6.94. The summed E-state index contributed by atoms with van der Waals surface area (Å²) in [5.41, 5.74) is 1.11. The highest BCUT2D eigenvalue weighted by molar-refractivity contribution is 5.89. The topological polar surface area (TPSA) is 47.6 Å². The summed E-state index contributed by atoms with van der Waals surface area (Å²) >= 11 is 0. The molecule has 0 unspecified atom stereocenters. The van der Waals surface area contributed by atoms with Crippen molar-refractivity contribution in [3.05, 3.63) is 24.0 Å². The van der Waals surface area contributed by atoms with E-state index in [4.69, 9.17) is 0 Å². The lowest BCUT2D eigenvalue weighted by atomic mass is 9.94. The molecule has 0 bridgehead atoms. The van der Waals surface area contributed by atoms with Gasteiger partial charge in [-0.15, -0.1) is 0 Å². The lowest BCUT2D eigenvalue weighted by Gasteiger charge is -2.33. The maximum Gasteiger partial charge on any atom is 0.319 e. The number of hydrogen-bond donors (Lipinski definition) is 2. The van der Waals surface area contributed by atoms with E-state index in [0.29, 0.717) is 17.4 Å². The van der Waals surface area contributed by atoms with Crippen LogP contribution in [-0.4, -0.2) is 49.7 Å². The fourth-order valence-corrected chi connectivity index (χ4v) is 4.28.